The maximum atomic E-state index is 5.90. The Morgan fingerprint density at radius 2 is 2.24 bits per heavy atom. The van der Waals surface area contributed by atoms with Gasteiger partial charge in [0.15, 0.2) is 0 Å². The van der Waals surface area contributed by atoms with Crippen LogP contribution in [0.2, 0.25) is 0 Å². The molecule has 0 amide bonds. The zero-order chi connectivity index (χ0) is 12.3. The molecule has 0 radical (unpaired) electrons. The lowest BCUT2D eigenvalue weighted by Gasteiger charge is -2.37. The van der Waals surface area contributed by atoms with Gasteiger partial charge >= 0.3 is 0 Å². The Hall–Kier alpha value is -0.450. The Bertz CT molecular complexity index is 350. The normalized spacial score (nSPS) is 25.4. The Labute approximate surface area is 108 Å². The molecule has 0 aromatic carbocycles. The Balaban J connectivity index is 1.98. The molecule has 2 N–H and O–H groups in total. The lowest BCUT2D eigenvalue weighted by Crippen LogP contribution is -2.42. The van der Waals surface area contributed by atoms with Crippen LogP contribution in [-0.2, 0) is 6.54 Å². The number of rotatable bonds is 4. The molecule has 0 bridgehead atoms. The monoisotopic (exact) mass is 253 g/mol. The van der Waals surface area contributed by atoms with Crippen molar-refractivity contribution >= 4 is 11.3 Å². The van der Waals surface area contributed by atoms with E-state index in [0.717, 1.165) is 13.1 Å². The van der Waals surface area contributed by atoms with Crippen LogP contribution in [0, 0.1) is 12.8 Å². The molecule has 2 rings (SSSR count). The summed E-state index contributed by atoms with van der Waals surface area (Å²) in [6.45, 7) is 3.95. The van der Waals surface area contributed by atoms with Gasteiger partial charge < -0.3 is 5.73 Å². The minimum atomic E-state index is 0.662. The highest BCUT2D eigenvalue weighted by atomic mass is 32.1. The van der Waals surface area contributed by atoms with Crippen molar-refractivity contribution in [2.24, 2.45) is 11.7 Å². The average molecular weight is 253 g/mol. The molecular formula is C13H23N3S. The van der Waals surface area contributed by atoms with Gasteiger partial charge in [0.05, 0.1) is 11.2 Å². The molecule has 1 aliphatic rings. The molecule has 1 fully saturated rings. The molecule has 96 valence electrons. The fourth-order valence-corrected chi connectivity index (χ4v) is 3.70. The van der Waals surface area contributed by atoms with E-state index < -0.39 is 0 Å². The van der Waals surface area contributed by atoms with Crippen LogP contribution in [0.15, 0.2) is 5.51 Å². The second-order valence-corrected chi connectivity index (χ2v) is 6.06. The number of aromatic nitrogens is 1. The third kappa shape index (κ3) is 3.06. The fourth-order valence-electron chi connectivity index (χ4n) is 2.87. The number of hydrogen-bond acceptors (Lipinski definition) is 4. The van der Waals surface area contributed by atoms with Crippen molar-refractivity contribution < 1.29 is 0 Å². The van der Waals surface area contributed by atoms with Gasteiger partial charge in [0.2, 0.25) is 0 Å². The number of aryl methyl sites for hydroxylation is 1. The Morgan fingerprint density at radius 1 is 1.47 bits per heavy atom. The molecule has 0 aliphatic heterocycles. The van der Waals surface area contributed by atoms with Gasteiger partial charge in [-0.2, -0.15) is 0 Å². The molecule has 17 heavy (non-hydrogen) atoms. The molecule has 3 nitrogen and oxygen atoms in total. The zero-order valence-electron chi connectivity index (χ0n) is 10.9. The Kier molecular flexibility index (Phi) is 4.54. The lowest BCUT2D eigenvalue weighted by atomic mass is 9.83. The van der Waals surface area contributed by atoms with Gasteiger partial charge in [0.1, 0.15) is 0 Å². The summed E-state index contributed by atoms with van der Waals surface area (Å²) in [5.74, 6) is 0.682. The quantitative estimate of drug-likeness (QED) is 0.896. The van der Waals surface area contributed by atoms with Crippen LogP contribution in [-0.4, -0.2) is 29.5 Å². The minimum Gasteiger partial charge on any atom is -0.330 e. The minimum absolute atomic E-state index is 0.662. The summed E-state index contributed by atoms with van der Waals surface area (Å²) in [4.78, 5) is 8.20. The molecule has 1 saturated carbocycles. The molecule has 1 heterocycles. The summed E-state index contributed by atoms with van der Waals surface area (Å²) in [6.07, 6.45) is 5.31. The molecule has 1 aliphatic carbocycles. The standard InChI is InChI=1S/C13H23N3S/c1-10-13(17-9-15-10)8-16(2)12-6-4-3-5-11(12)7-14/h9,11-12H,3-8,14H2,1-2H3. The van der Waals surface area contributed by atoms with E-state index in [4.69, 9.17) is 5.73 Å². The van der Waals surface area contributed by atoms with Crippen molar-refractivity contribution in [2.45, 2.75) is 45.2 Å². The van der Waals surface area contributed by atoms with E-state index in [-0.39, 0.29) is 0 Å². The van der Waals surface area contributed by atoms with Crippen LogP contribution < -0.4 is 5.73 Å². The Morgan fingerprint density at radius 3 is 2.88 bits per heavy atom. The van der Waals surface area contributed by atoms with Gasteiger partial charge in [0.25, 0.3) is 0 Å². The summed E-state index contributed by atoms with van der Waals surface area (Å²) < 4.78 is 0. The van der Waals surface area contributed by atoms with E-state index in [0.29, 0.717) is 12.0 Å². The van der Waals surface area contributed by atoms with Gasteiger partial charge in [-0.1, -0.05) is 12.8 Å². The first-order valence-electron chi connectivity index (χ1n) is 6.51. The topological polar surface area (TPSA) is 42.2 Å². The van der Waals surface area contributed by atoms with Crippen LogP contribution in [0.4, 0.5) is 0 Å². The van der Waals surface area contributed by atoms with Crippen LogP contribution in [0.1, 0.15) is 36.3 Å². The summed E-state index contributed by atoms with van der Waals surface area (Å²) in [5.41, 5.74) is 9.02. The summed E-state index contributed by atoms with van der Waals surface area (Å²) >= 11 is 1.77. The van der Waals surface area contributed by atoms with Crippen LogP contribution in [0.25, 0.3) is 0 Å². The SMILES string of the molecule is Cc1ncsc1CN(C)C1CCCCC1CN. The van der Waals surface area contributed by atoms with Crippen molar-refractivity contribution in [3.05, 3.63) is 16.1 Å². The van der Waals surface area contributed by atoms with E-state index in [2.05, 4.69) is 23.9 Å². The van der Waals surface area contributed by atoms with Gasteiger partial charge in [-0.05, 0) is 39.3 Å². The predicted octanol–water partition coefficient (Wildman–Crippen LogP) is 2.40. The smallest absolute Gasteiger partial charge is 0.0798 e. The molecule has 1 aromatic rings. The average Bonchev–Trinajstić information content (AvgIpc) is 2.75. The molecule has 4 heteroatoms. The number of nitrogens with zero attached hydrogens (tertiary/aromatic N) is 2. The van der Waals surface area contributed by atoms with E-state index in [1.807, 2.05) is 5.51 Å². The van der Waals surface area contributed by atoms with Crippen LogP contribution >= 0.6 is 11.3 Å². The molecule has 1 aromatic heterocycles. The van der Waals surface area contributed by atoms with Crippen molar-refractivity contribution in [3.63, 3.8) is 0 Å². The zero-order valence-corrected chi connectivity index (χ0v) is 11.7. The van der Waals surface area contributed by atoms with Gasteiger partial charge in [-0.25, -0.2) is 4.98 Å². The second kappa shape index (κ2) is 5.94. The van der Waals surface area contributed by atoms with Gasteiger partial charge in [0, 0.05) is 17.5 Å². The van der Waals surface area contributed by atoms with Crippen molar-refractivity contribution in [2.75, 3.05) is 13.6 Å². The molecule has 0 spiro atoms. The summed E-state index contributed by atoms with van der Waals surface area (Å²) in [7, 11) is 2.23. The lowest BCUT2D eigenvalue weighted by molar-refractivity contribution is 0.128. The maximum Gasteiger partial charge on any atom is 0.0798 e. The van der Waals surface area contributed by atoms with E-state index >= 15 is 0 Å². The summed E-state index contributed by atoms with van der Waals surface area (Å²) in [6, 6.07) is 0.662. The van der Waals surface area contributed by atoms with E-state index in [1.165, 1.54) is 36.3 Å². The highest BCUT2D eigenvalue weighted by Crippen LogP contribution is 2.28. The highest BCUT2D eigenvalue weighted by Gasteiger charge is 2.27. The van der Waals surface area contributed by atoms with Gasteiger partial charge in [-0.3, -0.25) is 4.90 Å². The largest absolute Gasteiger partial charge is 0.330 e. The number of hydrogen-bond donors (Lipinski definition) is 1. The molecular weight excluding hydrogens is 230 g/mol. The van der Waals surface area contributed by atoms with Crippen molar-refractivity contribution in [1.29, 1.82) is 0 Å². The van der Waals surface area contributed by atoms with Crippen molar-refractivity contribution in [1.82, 2.24) is 9.88 Å². The molecule has 2 unspecified atom stereocenters. The molecule has 0 saturated heterocycles. The number of thiazole rings is 1. The first kappa shape index (κ1) is 13.0. The van der Waals surface area contributed by atoms with Gasteiger partial charge in [-0.15, -0.1) is 11.3 Å². The van der Waals surface area contributed by atoms with Crippen LogP contribution in [0.5, 0.6) is 0 Å². The van der Waals surface area contributed by atoms with E-state index in [9.17, 15) is 0 Å². The predicted molar refractivity (Wildman–Crippen MR) is 73.1 cm³/mol. The first-order chi connectivity index (χ1) is 8.22. The maximum absolute atomic E-state index is 5.90. The molecule has 2 atom stereocenters. The van der Waals surface area contributed by atoms with Crippen molar-refractivity contribution in [3.8, 4) is 0 Å². The third-order valence-electron chi connectivity index (χ3n) is 3.98. The third-order valence-corrected chi connectivity index (χ3v) is 4.90. The first-order valence-corrected chi connectivity index (χ1v) is 7.39. The van der Waals surface area contributed by atoms with E-state index in [1.54, 1.807) is 11.3 Å². The number of nitrogens with two attached hydrogens (primary N) is 1. The van der Waals surface area contributed by atoms with Crippen LogP contribution in [0.3, 0.4) is 0 Å². The fraction of sp³-hybridized carbons (Fsp3) is 0.769. The highest BCUT2D eigenvalue weighted by molar-refractivity contribution is 7.09. The second-order valence-electron chi connectivity index (χ2n) is 5.12. The summed E-state index contributed by atoms with van der Waals surface area (Å²) in [5, 5.41) is 0.